The third-order valence-electron chi connectivity index (χ3n) is 2.91. The standard InChI is InChI=1S/C15H18N2/c1-2-4-11-7-9-12(10-8-11)15-13(16)5-3-6-14(15)17/h3,5-10H,2,4,16-17H2,1H3. The second-order valence-corrected chi connectivity index (χ2v) is 4.26. The van der Waals surface area contributed by atoms with Gasteiger partial charge in [0.1, 0.15) is 0 Å². The predicted octanol–water partition coefficient (Wildman–Crippen LogP) is 3.47. The molecule has 0 heterocycles. The van der Waals surface area contributed by atoms with Crippen molar-refractivity contribution in [3.63, 3.8) is 0 Å². The number of nitrogens with two attached hydrogens (primary N) is 2. The molecule has 0 aliphatic rings. The summed E-state index contributed by atoms with van der Waals surface area (Å²) in [5, 5.41) is 0. The van der Waals surface area contributed by atoms with Gasteiger partial charge in [-0.25, -0.2) is 0 Å². The Balaban J connectivity index is 2.40. The molecule has 2 nitrogen and oxygen atoms in total. The van der Waals surface area contributed by atoms with Crippen molar-refractivity contribution in [3.8, 4) is 11.1 Å². The lowest BCUT2D eigenvalue weighted by Gasteiger charge is -2.09. The molecular formula is C15H18N2. The molecule has 0 bridgehead atoms. The van der Waals surface area contributed by atoms with E-state index in [0.29, 0.717) is 0 Å². The van der Waals surface area contributed by atoms with E-state index in [2.05, 4.69) is 31.2 Å². The summed E-state index contributed by atoms with van der Waals surface area (Å²) in [6.07, 6.45) is 2.27. The van der Waals surface area contributed by atoms with E-state index in [4.69, 9.17) is 11.5 Å². The number of nitrogen functional groups attached to an aromatic ring is 2. The number of rotatable bonds is 3. The number of benzene rings is 2. The Labute approximate surface area is 102 Å². The Bertz CT molecular complexity index is 481. The lowest BCUT2D eigenvalue weighted by molar-refractivity contribution is 0.922. The summed E-state index contributed by atoms with van der Waals surface area (Å²) in [6, 6.07) is 14.1. The molecule has 2 heteroatoms. The second kappa shape index (κ2) is 4.91. The van der Waals surface area contributed by atoms with E-state index in [0.717, 1.165) is 35.3 Å². The molecule has 0 radical (unpaired) electrons. The number of anilines is 2. The van der Waals surface area contributed by atoms with Crippen LogP contribution in [0.25, 0.3) is 11.1 Å². The summed E-state index contributed by atoms with van der Waals surface area (Å²) in [6.45, 7) is 2.18. The highest BCUT2D eigenvalue weighted by Crippen LogP contribution is 2.31. The predicted molar refractivity (Wildman–Crippen MR) is 74.7 cm³/mol. The van der Waals surface area contributed by atoms with Gasteiger partial charge in [0.15, 0.2) is 0 Å². The van der Waals surface area contributed by atoms with Gasteiger partial charge in [-0.2, -0.15) is 0 Å². The van der Waals surface area contributed by atoms with E-state index in [9.17, 15) is 0 Å². The number of hydrogen-bond acceptors (Lipinski definition) is 2. The first-order valence-corrected chi connectivity index (χ1v) is 5.95. The maximum absolute atomic E-state index is 5.97. The molecular weight excluding hydrogens is 208 g/mol. The minimum Gasteiger partial charge on any atom is -0.398 e. The van der Waals surface area contributed by atoms with Gasteiger partial charge in [0.05, 0.1) is 0 Å². The number of hydrogen-bond donors (Lipinski definition) is 2. The summed E-state index contributed by atoms with van der Waals surface area (Å²) in [5.74, 6) is 0. The highest BCUT2D eigenvalue weighted by Gasteiger charge is 2.06. The Morgan fingerprint density at radius 2 is 1.47 bits per heavy atom. The van der Waals surface area contributed by atoms with Crippen LogP contribution in [0.2, 0.25) is 0 Å². The van der Waals surface area contributed by atoms with Crippen LogP contribution < -0.4 is 11.5 Å². The van der Waals surface area contributed by atoms with E-state index in [1.165, 1.54) is 5.56 Å². The normalized spacial score (nSPS) is 10.4. The fourth-order valence-corrected chi connectivity index (χ4v) is 2.05. The minimum absolute atomic E-state index is 0.730. The third-order valence-corrected chi connectivity index (χ3v) is 2.91. The van der Waals surface area contributed by atoms with Gasteiger partial charge in [-0.15, -0.1) is 0 Å². The van der Waals surface area contributed by atoms with Crippen LogP contribution >= 0.6 is 0 Å². The van der Waals surface area contributed by atoms with Crippen LogP contribution in [0.1, 0.15) is 18.9 Å². The smallest absolute Gasteiger partial charge is 0.0414 e. The topological polar surface area (TPSA) is 52.0 Å². The Kier molecular flexibility index (Phi) is 3.33. The molecule has 88 valence electrons. The first-order chi connectivity index (χ1) is 8.22. The first-order valence-electron chi connectivity index (χ1n) is 5.95. The summed E-state index contributed by atoms with van der Waals surface area (Å²) in [4.78, 5) is 0. The van der Waals surface area contributed by atoms with E-state index in [1.54, 1.807) is 0 Å². The van der Waals surface area contributed by atoms with Crippen LogP contribution in [-0.4, -0.2) is 0 Å². The van der Waals surface area contributed by atoms with Gasteiger partial charge >= 0.3 is 0 Å². The van der Waals surface area contributed by atoms with Crippen molar-refractivity contribution in [3.05, 3.63) is 48.0 Å². The lowest BCUT2D eigenvalue weighted by Crippen LogP contribution is -1.96. The molecule has 0 fully saturated rings. The summed E-state index contributed by atoms with van der Waals surface area (Å²) < 4.78 is 0. The first kappa shape index (κ1) is 11.5. The van der Waals surface area contributed by atoms with Crippen LogP contribution in [-0.2, 0) is 6.42 Å². The van der Waals surface area contributed by atoms with Crippen molar-refractivity contribution < 1.29 is 0 Å². The molecule has 2 aromatic rings. The van der Waals surface area contributed by atoms with Crippen LogP contribution in [0.5, 0.6) is 0 Å². The van der Waals surface area contributed by atoms with Crippen molar-refractivity contribution in [2.24, 2.45) is 0 Å². The zero-order chi connectivity index (χ0) is 12.3. The van der Waals surface area contributed by atoms with E-state index < -0.39 is 0 Å². The van der Waals surface area contributed by atoms with Gasteiger partial charge < -0.3 is 11.5 Å². The SMILES string of the molecule is CCCc1ccc(-c2c(N)cccc2N)cc1. The van der Waals surface area contributed by atoms with Gasteiger partial charge in [-0.3, -0.25) is 0 Å². The summed E-state index contributed by atoms with van der Waals surface area (Å²) >= 11 is 0. The van der Waals surface area contributed by atoms with Crippen LogP contribution in [0.4, 0.5) is 11.4 Å². The highest BCUT2D eigenvalue weighted by molar-refractivity contribution is 5.86. The van der Waals surface area contributed by atoms with Crippen LogP contribution in [0, 0.1) is 0 Å². The molecule has 0 spiro atoms. The average molecular weight is 226 g/mol. The van der Waals surface area contributed by atoms with Crippen molar-refractivity contribution in [1.29, 1.82) is 0 Å². The molecule has 2 rings (SSSR count). The van der Waals surface area contributed by atoms with Crippen molar-refractivity contribution >= 4 is 11.4 Å². The minimum atomic E-state index is 0.730. The Morgan fingerprint density at radius 3 is 2.00 bits per heavy atom. The number of aryl methyl sites for hydroxylation is 1. The molecule has 2 aromatic carbocycles. The van der Waals surface area contributed by atoms with Crippen LogP contribution in [0.3, 0.4) is 0 Å². The van der Waals surface area contributed by atoms with E-state index >= 15 is 0 Å². The van der Waals surface area contributed by atoms with Crippen molar-refractivity contribution in [2.45, 2.75) is 19.8 Å². The fourth-order valence-electron chi connectivity index (χ4n) is 2.05. The molecule has 0 saturated heterocycles. The largest absolute Gasteiger partial charge is 0.398 e. The summed E-state index contributed by atoms with van der Waals surface area (Å²) in [5.41, 5.74) is 16.8. The molecule has 0 aromatic heterocycles. The Hall–Kier alpha value is -1.96. The maximum atomic E-state index is 5.97. The van der Waals surface area contributed by atoms with Crippen LogP contribution in [0.15, 0.2) is 42.5 Å². The van der Waals surface area contributed by atoms with E-state index in [1.807, 2.05) is 18.2 Å². The zero-order valence-corrected chi connectivity index (χ0v) is 10.1. The van der Waals surface area contributed by atoms with Gasteiger partial charge in [0.25, 0.3) is 0 Å². The van der Waals surface area contributed by atoms with Gasteiger partial charge in [-0.05, 0) is 29.7 Å². The molecule has 17 heavy (non-hydrogen) atoms. The van der Waals surface area contributed by atoms with Gasteiger partial charge in [0, 0.05) is 16.9 Å². The quantitative estimate of drug-likeness (QED) is 0.787. The summed E-state index contributed by atoms with van der Waals surface area (Å²) in [7, 11) is 0. The van der Waals surface area contributed by atoms with Gasteiger partial charge in [0.2, 0.25) is 0 Å². The third kappa shape index (κ3) is 2.41. The highest BCUT2D eigenvalue weighted by atomic mass is 14.6. The van der Waals surface area contributed by atoms with E-state index in [-0.39, 0.29) is 0 Å². The van der Waals surface area contributed by atoms with Gasteiger partial charge in [-0.1, -0.05) is 43.7 Å². The molecule has 0 amide bonds. The molecule has 0 aliphatic carbocycles. The maximum Gasteiger partial charge on any atom is 0.0414 e. The molecule has 0 atom stereocenters. The molecule has 0 aliphatic heterocycles. The second-order valence-electron chi connectivity index (χ2n) is 4.26. The zero-order valence-electron chi connectivity index (χ0n) is 10.1. The average Bonchev–Trinajstić information content (AvgIpc) is 2.31. The fraction of sp³-hybridized carbons (Fsp3) is 0.200. The lowest BCUT2D eigenvalue weighted by atomic mass is 9.99. The molecule has 4 N–H and O–H groups in total. The monoisotopic (exact) mass is 226 g/mol. The van der Waals surface area contributed by atoms with Crippen molar-refractivity contribution in [1.82, 2.24) is 0 Å². The molecule has 0 unspecified atom stereocenters. The Morgan fingerprint density at radius 1 is 0.882 bits per heavy atom. The molecule has 0 saturated carbocycles. The van der Waals surface area contributed by atoms with Crippen molar-refractivity contribution in [2.75, 3.05) is 11.5 Å².